The van der Waals surface area contributed by atoms with Gasteiger partial charge < -0.3 is 15.3 Å². The molecule has 0 atom stereocenters. The maximum absolute atomic E-state index is 9.53. The molecule has 0 radical (unpaired) electrons. The molecule has 0 aliphatic heterocycles. The van der Waals surface area contributed by atoms with Gasteiger partial charge in [-0.2, -0.15) is 0 Å². The fraction of sp³-hybridized carbons (Fsp3) is 0.100. The standard InChI is InChI=1S/C6H6O2.C4H6O2/c7-5-2-1-3-6(8)4-5;1-2-3-4(5)6/h1-4,7-8H;2H,1,3H2,(H,5,6). The second kappa shape index (κ2) is 6.54. The zero-order valence-corrected chi connectivity index (χ0v) is 7.55. The monoisotopic (exact) mass is 196 g/mol. The first-order chi connectivity index (χ1) is 6.56. The van der Waals surface area contributed by atoms with Gasteiger partial charge in [-0.3, -0.25) is 4.79 Å². The van der Waals surface area contributed by atoms with E-state index in [0.29, 0.717) is 0 Å². The number of hydrogen-bond acceptors (Lipinski definition) is 3. The number of aliphatic carboxylic acids is 1. The SMILES string of the molecule is C=CCC(=O)O.Oc1cccc(O)c1. The van der Waals surface area contributed by atoms with Gasteiger partial charge in [0.1, 0.15) is 11.5 Å². The second-order valence-corrected chi connectivity index (χ2v) is 2.41. The van der Waals surface area contributed by atoms with E-state index in [0.717, 1.165) is 0 Å². The van der Waals surface area contributed by atoms with E-state index < -0.39 is 5.97 Å². The van der Waals surface area contributed by atoms with E-state index in [-0.39, 0.29) is 17.9 Å². The molecule has 0 spiro atoms. The fourth-order valence-electron chi connectivity index (χ4n) is 0.617. The molecule has 0 aliphatic rings. The van der Waals surface area contributed by atoms with Crippen LogP contribution in [-0.2, 0) is 4.79 Å². The van der Waals surface area contributed by atoms with Crippen molar-refractivity contribution in [3.05, 3.63) is 36.9 Å². The van der Waals surface area contributed by atoms with Crippen LogP contribution in [0.5, 0.6) is 11.5 Å². The van der Waals surface area contributed by atoms with E-state index in [2.05, 4.69) is 6.58 Å². The molecule has 0 saturated carbocycles. The minimum Gasteiger partial charge on any atom is -0.508 e. The molecule has 4 nitrogen and oxygen atoms in total. The zero-order valence-electron chi connectivity index (χ0n) is 7.55. The lowest BCUT2D eigenvalue weighted by molar-refractivity contribution is -0.135. The van der Waals surface area contributed by atoms with Gasteiger partial charge in [0, 0.05) is 6.07 Å². The summed E-state index contributed by atoms with van der Waals surface area (Å²) < 4.78 is 0. The lowest BCUT2D eigenvalue weighted by Gasteiger charge is -1.89. The summed E-state index contributed by atoms with van der Waals surface area (Å²) in [5.74, 6) is -0.653. The van der Waals surface area contributed by atoms with Crippen LogP contribution in [0.4, 0.5) is 0 Å². The van der Waals surface area contributed by atoms with Gasteiger partial charge in [0.15, 0.2) is 0 Å². The molecule has 0 aromatic heterocycles. The van der Waals surface area contributed by atoms with Gasteiger partial charge in [0.25, 0.3) is 0 Å². The summed E-state index contributed by atoms with van der Waals surface area (Å²) in [5.41, 5.74) is 0. The quantitative estimate of drug-likeness (QED) is 0.629. The van der Waals surface area contributed by atoms with Crippen LogP contribution in [0.1, 0.15) is 6.42 Å². The molecule has 0 aliphatic carbocycles. The van der Waals surface area contributed by atoms with Crippen LogP contribution in [-0.4, -0.2) is 21.3 Å². The molecule has 1 aromatic rings. The van der Waals surface area contributed by atoms with Gasteiger partial charge in [-0.05, 0) is 12.1 Å². The number of benzene rings is 1. The molecule has 4 heteroatoms. The maximum atomic E-state index is 9.53. The van der Waals surface area contributed by atoms with Gasteiger partial charge in [-0.25, -0.2) is 0 Å². The van der Waals surface area contributed by atoms with E-state index in [1.807, 2.05) is 0 Å². The third kappa shape index (κ3) is 6.72. The highest BCUT2D eigenvalue weighted by Gasteiger charge is 1.85. The summed E-state index contributed by atoms with van der Waals surface area (Å²) in [6.45, 7) is 3.22. The van der Waals surface area contributed by atoms with Gasteiger partial charge in [-0.1, -0.05) is 12.1 Å². The zero-order chi connectivity index (χ0) is 11.0. The predicted octanol–water partition coefficient (Wildman–Crippen LogP) is 1.74. The largest absolute Gasteiger partial charge is 0.508 e. The van der Waals surface area contributed by atoms with Crippen molar-refractivity contribution >= 4 is 5.97 Å². The lowest BCUT2D eigenvalue weighted by Crippen LogP contribution is -1.88. The average molecular weight is 196 g/mol. The molecule has 0 unspecified atom stereocenters. The number of phenolic OH excluding ortho intramolecular Hbond substituents is 2. The first-order valence-electron chi connectivity index (χ1n) is 3.87. The van der Waals surface area contributed by atoms with Crippen molar-refractivity contribution in [2.24, 2.45) is 0 Å². The molecule has 14 heavy (non-hydrogen) atoms. The van der Waals surface area contributed by atoms with Gasteiger partial charge in [-0.15, -0.1) is 6.58 Å². The first kappa shape index (κ1) is 12.0. The summed E-state index contributed by atoms with van der Waals surface area (Å²) >= 11 is 0. The summed E-state index contributed by atoms with van der Waals surface area (Å²) in [7, 11) is 0. The molecule has 1 aromatic carbocycles. The van der Waals surface area contributed by atoms with Crippen molar-refractivity contribution in [3.8, 4) is 11.5 Å². The summed E-state index contributed by atoms with van der Waals surface area (Å²) in [4.78, 5) is 9.53. The lowest BCUT2D eigenvalue weighted by atomic mass is 10.3. The van der Waals surface area contributed by atoms with Crippen molar-refractivity contribution in [1.82, 2.24) is 0 Å². The number of hydrogen-bond donors (Lipinski definition) is 3. The number of carboxylic acid groups (broad SMARTS) is 1. The molecule has 76 valence electrons. The maximum Gasteiger partial charge on any atom is 0.307 e. The van der Waals surface area contributed by atoms with E-state index in [4.69, 9.17) is 15.3 Å². The van der Waals surface area contributed by atoms with Crippen LogP contribution < -0.4 is 0 Å². The van der Waals surface area contributed by atoms with Crippen LogP contribution in [0, 0.1) is 0 Å². The van der Waals surface area contributed by atoms with Crippen LogP contribution in [0.3, 0.4) is 0 Å². The number of rotatable bonds is 2. The van der Waals surface area contributed by atoms with Gasteiger partial charge in [0.05, 0.1) is 6.42 Å². The van der Waals surface area contributed by atoms with Gasteiger partial charge in [0.2, 0.25) is 0 Å². The Morgan fingerprint density at radius 3 is 2.00 bits per heavy atom. The number of aromatic hydroxyl groups is 2. The summed E-state index contributed by atoms with van der Waals surface area (Å²) in [6, 6.07) is 5.85. The van der Waals surface area contributed by atoms with Crippen molar-refractivity contribution in [1.29, 1.82) is 0 Å². The minimum atomic E-state index is -0.829. The van der Waals surface area contributed by atoms with Crippen LogP contribution in [0.25, 0.3) is 0 Å². The fourth-order valence-corrected chi connectivity index (χ4v) is 0.617. The van der Waals surface area contributed by atoms with E-state index >= 15 is 0 Å². The highest BCUT2D eigenvalue weighted by atomic mass is 16.4. The Kier molecular flexibility index (Phi) is 5.62. The van der Waals surface area contributed by atoms with E-state index in [1.165, 1.54) is 24.3 Å². The van der Waals surface area contributed by atoms with E-state index in [1.54, 1.807) is 6.07 Å². The Bertz CT molecular complexity index is 289. The third-order valence-electron chi connectivity index (χ3n) is 1.15. The second-order valence-electron chi connectivity index (χ2n) is 2.41. The molecule has 0 bridgehead atoms. The van der Waals surface area contributed by atoms with Crippen LogP contribution in [0.15, 0.2) is 36.9 Å². The Morgan fingerprint density at radius 1 is 1.36 bits per heavy atom. The van der Waals surface area contributed by atoms with Crippen molar-refractivity contribution in [2.45, 2.75) is 6.42 Å². The molecular formula is C10H12O4. The van der Waals surface area contributed by atoms with Crippen molar-refractivity contribution in [2.75, 3.05) is 0 Å². The number of carboxylic acids is 1. The molecule has 0 fully saturated rings. The van der Waals surface area contributed by atoms with Crippen molar-refractivity contribution in [3.63, 3.8) is 0 Å². The molecule has 1 rings (SSSR count). The minimum absolute atomic E-state index is 0.0556. The van der Waals surface area contributed by atoms with E-state index in [9.17, 15) is 4.79 Å². The molecule has 0 heterocycles. The summed E-state index contributed by atoms with van der Waals surface area (Å²) in [6.07, 6.45) is 1.41. The molecule has 3 N–H and O–H groups in total. The number of phenols is 2. The molecule has 0 amide bonds. The Hall–Kier alpha value is -1.97. The Labute approximate surface area is 81.8 Å². The molecule has 0 saturated heterocycles. The third-order valence-corrected chi connectivity index (χ3v) is 1.15. The van der Waals surface area contributed by atoms with Crippen molar-refractivity contribution < 1.29 is 20.1 Å². The number of carbonyl (C=O) groups is 1. The highest BCUT2D eigenvalue weighted by molar-refractivity contribution is 5.68. The predicted molar refractivity (Wildman–Crippen MR) is 52.2 cm³/mol. The first-order valence-corrected chi connectivity index (χ1v) is 3.87. The van der Waals surface area contributed by atoms with Crippen LogP contribution in [0.2, 0.25) is 0 Å². The topological polar surface area (TPSA) is 77.8 Å². The normalized spacial score (nSPS) is 8.29. The summed E-state index contributed by atoms with van der Waals surface area (Å²) in [5, 5.41) is 25.1. The van der Waals surface area contributed by atoms with Gasteiger partial charge >= 0.3 is 5.97 Å². The Morgan fingerprint density at radius 2 is 1.86 bits per heavy atom. The average Bonchev–Trinajstić information content (AvgIpc) is 2.03. The molecular weight excluding hydrogens is 184 g/mol. The Balaban J connectivity index is 0.000000255. The smallest absolute Gasteiger partial charge is 0.307 e. The highest BCUT2D eigenvalue weighted by Crippen LogP contribution is 2.14. The van der Waals surface area contributed by atoms with Crippen LogP contribution >= 0.6 is 0 Å².